The van der Waals surface area contributed by atoms with E-state index in [0.717, 1.165) is 48.6 Å². The smallest absolute Gasteiger partial charge is 0.222 e. The van der Waals surface area contributed by atoms with E-state index in [-0.39, 0.29) is 11.7 Å². The summed E-state index contributed by atoms with van der Waals surface area (Å²) in [7, 11) is 0. The molecule has 1 aliphatic heterocycles. The van der Waals surface area contributed by atoms with Gasteiger partial charge < -0.3 is 4.90 Å². The zero-order valence-corrected chi connectivity index (χ0v) is 14.4. The summed E-state index contributed by atoms with van der Waals surface area (Å²) in [5, 5.41) is 4.57. The summed E-state index contributed by atoms with van der Waals surface area (Å²) in [6.07, 6.45) is 4.69. The van der Waals surface area contributed by atoms with Gasteiger partial charge in [-0.15, -0.1) is 0 Å². The standard InChI is InChI=1S/C19H24FN3O/c1-14-18(10-11-19(24)22-12-4-3-5-13-22)15(2)23(21-14)17-8-6-16(20)7-9-17/h6-9H,3-5,10-13H2,1-2H3. The van der Waals surface area contributed by atoms with Crippen LogP contribution in [0.15, 0.2) is 24.3 Å². The Balaban J connectivity index is 1.72. The molecule has 1 saturated heterocycles. The van der Waals surface area contributed by atoms with Crippen molar-refractivity contribution in [3.63, 3.8) is 0 Å². The number of aryl methyl sites for hydroxylation is 1. The first kappa shape index (κ1) is 16.7. The van der Waals surface area contributed by atoms with Crippen LogP contribution in [0.4, 0.5) is 4.39 Å². The molecule has 0 radical (unpaired) electrons. The molecule has 0 atom stereocenters. The van der Waals surface area contributed by atoms with Crippen molar-refractivity contribution in [2.45, 2.75) is 46.0 Å². The first-order chi connectivity index (χ1) is 11.6. The van der Waals surface area contributed by atoms with Crippen molar-refractivity contribution in [3.05, 3.63) is 47.0 Å². The third-order valence-electron chi connectivity index (χ3n) is 4.81. The molecule has 24 heavy (non-hydrogen) atoms. The predicted molar refractivity (Wildman–Crippen MR) is 91.7 cm³/mol. The van der Waals surface area contributed by atoms with E-state index in [1.165, 1.54) is 18.6 Å². The minimum absolute atomic E-state index is 0.239. The molecule has 1 aliphatic rings. The Morgan fingerprint density at radius 2 is 1.79 bits per heavy atom. The molecule has 1 aromatic carbocycles. The number of carbonyl (C=O) groups excluding carboxylic acids is 1. The molecule has 1 fully saturated rings. The van der Waals surface area contributed by atoms with Crippen molar-refractivity contribution in [2.24, 2.45) is 0 Å². The van der Waals surface area contributed by atoms with Gasteiger partial charge >= 0.3 is 0 Å². The Morgan fingerprint density at radius 1 is 1.12 bits per heavy atom. The van der Waals surface area contributed by atoms with Crippen LogP contribution < -0.4 is 0 Å². The molecule has 3 rings (SSSR count). The molecule has 1 aromatic heterocycles. The van der Waals surface area contributed by atoms with E-state index in [2.05, 4.69) is 5.10 Å². The van der Waals surface area contributed by atoms with E-state index in [0.29, 0.717) is 12.8 Å². The fraction of sp³-hybridized carbons (Fsp3) is 0.474. The maximum atomic E-state index is 13.1. The Kier molecular flexibility index (Phi) is 4.97. The zero-order valence-electron chi connectivity index (χ0n) is 14.4. The van der Waals surface area contributed by atoms with Crippen LogP contribution in [0.5, 0.6) is 0 Å². The number of hydrogen-bond acceptors (Lipinski definition) is 2. The van der Waals surface area contributed by atoms with Crippen LogP contribution in [0, 0.1) is 19.7 Å². The van der Waals surface area contributed by atoms with Gasteiger partial charge in [-0.3, -0.25) is 4.79 Å². The molecular weight excluding hydrogens is 305 g/mol. The molecule has 1 amide bonds. The number of nitrogens with zero attached hydrogens (tertiary/aromatic N) is 3. The van der Waals surface area contributed by atoms with Crippen LogP contribution in [0.25, 0.3) is 5.69 Å². The van der Waals surface area contributed by atoms with Crippen molar-refractivity contribution in [1.29, 1.82) is 0 Å². The molecule has 0 spiro atoms. The van der Waals surface area contributed by atoms with E-state index in [4.69, 9.17) is 0 Å². The van der Waals surface area contributed by atoms with Gasteiger partial charge in [-0.2, -0.15) is 5.10 Å². The summed E-state index contributed by atoms with van der Waals surface area (Å²) >= 11 is 0. The average molecular weight is 329 g/mol. The number of rotatable bonds is 4. The number of hydrogen-bond donors (Lipinski definition) is 0. The Bertz CT molecular complexity index is 715. The second kappa shape index (κ2) is 7.16. The van der Waals surface area contributed by atoms with E-state index in [1.54, 1.807) is 12.1 Å². The van der Waals surface area contributed by atoms with Crippen molar-refractivity contribution < 1.29 is 9.18 Å². The fourth-order valence-electron chi connectivity index (χ4n) is 3.40. The van der Waals surface area contributed by atoms with Gasteiger partial charge in [0.25, 0.3) is 0 Å². The molecule has 128 valence electrons. The fourth-order valence-corrected chi connectivity index (χ4v) is 3.40. The lowest BCUT2D eigenvalue weighted by molar-refractivity contribution is -0.132. The highest BCUT2D eigenvalue weighted by molar-refractivity contribution is 5.76. The summed E-state index contributed by atoms with van der Waals surface area (Å²) in [6, 6.07) is 6.31. The number of amides is 1. The highest BCUT2D eigenvalue weighted by Crippen LogP contribution is 2.20. The van der Waals surface area contributed by atoms with E-state index >= 15 is 0 Å². The third-order valence-corrected chi connectivity index (χ3v) is 4.81. The summed E-state index contributed by atoms with van der Waals surface area (Å²) < 4.78 is 14.9. The number of likely N-dealkylation sites (tertiary alicyclic amines) is 1. The van der Waals surface area contributed by atoms with Crippen LogP contribution in [0.1, 0.15) is 42.6 Å². The molecule has 5 heteroatoms. The van der Waals surface area contributed by atoms with Gasteiger partial charge in [-0.25, -0.2) is 9.07 Å². The van der Waals surface area contributed by atoms with E-state index < -0.39 is 0 Å². The molecular formula is C19H24FN3O. The van der Waals surface area contributed by atoms with Crippen LogP contribution in [-0.4, -0.2) is 33.7 Å². The first-order valence-corrected chi connectivity index (χ1v) is 8.65. The molecule has 4 nitrogen and oxygen atoms in total. The van der Waals surface area contributed by atoms with Crippen molar-refractivity contribution >= 4 is 5.91 Å². The molecule has 0 bridgehead atoms. The van der Waals surface area contributed by atoms with Gasteiger partial charge in [-0.05, 0) is 69.4 Å². The maximum absolute atomic E-state index is 13.1. The van der Waals surface area contributed by atoms with Gasteiger partial charge in [-0.1, -0.05) is 0 Å². The van der Waals surface area contributed by atoms with Crippen LogP contribution in [0.3, 0.4) is 0 Å². The van der Waals surface area contributed by atoms with Gasteiger partial charge in [0, 0.05) is 25.2 Å². The lowest BCUT2D eigenvalue weighted by atomic mass is 10.1. The summed E-state index contributed by atoms with van der Waals surface area (Å²) in [6.45, 7) is 5.76. The molecule has 2 heterocycles. The number of halogens is 1. The first-order valence-electron chi connectivity index (χ1n) is 8.65. The normalized spacial score (nSPS) is 14.9. The zero-order chi connectivity index (χ0) is 17.1. The molecule has 0 unspecified atom stereocenters. The minimum atomic E-state index is -0.257. The van der Waals surface area contributed by atoms with Crippen LogP contribution >= 0.6 is 0 Å². The second-order valence-corrected chi connectivity index (χ2v) is 6.48. The van der Waals surface area contributed by atoms with Crippen molar-refractivity contribution in [1.82, 2.24) is 14.7 Å². The van der Waals surface area contributed by atoms with Gasteiger partial charge in [0.05, 0.1) is 11.4 Å². The topological polar surface area (TPSA) is 38.1 Å². The lowest BCUT2D eigenvalue weighted by Crippen LogP contribution is -2.35. The van der Waals surface area contributed by atoms with E-state index in [9.17, 15) is 9.18 Å². The summed E-state index contributed by atoms with van der Waals surface area (Å²) in [5.74, 6) is -0.0179. The minimum Gasteiger partial charge on any atom is -0.343 e. The molecule has 0 N–H and O–H groups in total. The number of aromatic nitrogens is 2. The quantitative estimate of drug-likeness (QED) is 0.860. The summed E-state index contributed by atoms with van der Waals surface area (Å²) in [4.78, 5) is 14.4. The van der Waals surface area contributed by atoms with Crippen molar-refractivity contribution in [3.8, 4) is 5.69 Å². The highest BCUT2D eigenvalue weighted by Gasteiger charge is 2.19. The van der Waals surface area contributed by atoms with Gasteiger partial charge in [0.15, 0.2) is 0 Å². The SMILES string of the molecule is Cc1nn(-c2ccc(F)cc2)c(C)c1CCC(=O)N1CCCCC1. The van der Waals surface area contributed by atoms with Gasteiger partial charge in [0.2, 0.25) is 5.91 Å². The monoisotopic (exact) mass is 329 g/mol. The average Bonchev–Trinajstić information content (AvgIpc) is 2.88. The third kappa shape index (κ3) is 3.50. The number of carbonyl (C=O) groups is 1. The number of piperidine rings is 1. The van der Waals surface area contributed by atoms with Gasteiger partial charge in [0.1, 0.15) is 5.82 Å². The second-order valence-electron chi connectivity index (χ2n) is 6.48. The largest absolute Gasteiger partial charge is 0.343 e. The van der Waals surface area contributed by atoms with Crippen LogP contribution in [-0.2, 0) is 11.2 Å². The van der Waals surface area contributed by atoms with E-state index in [1.807, 2.05) is 23.4 Å². The lowest BCUT2D eigenvalue weighted by Gasteiger charge is -2.26. The summed E-state index contributed by atoms with van der Waals surface area (Å²) in [5.41, 5.74) is 3.91. The van der Waals surface area contributed by atoms with Crippen molar-refractivity contribution in [2.75, 3.05) is 13.1 Å². The van der Waals surface area contributed by atoms with Crippen LogP contribution in [0.2, 0.25) is 0 Å². The number of benzene rings is 1. The Labute approximate surface area is 142 Å². The molecule has 0 saturated carbocycles. The Hall–Kier alpha value is -2.17. The molecule has 2 aromatic rings. The maximum Gasteiger partial charge on any atom is 0.222 e. The highest BCUT2D eigenvalue weighted by atomic mass is 19.1. The predicted octanol–water partition coefficient (Wildman–Crippen LogP) is 3.57. The molecule has 0 aliphatic carbocycles. The Morgan fingerprint density at radius 3 is 2.46 bits per heavy atom.